The molecule has 1 fully saturated rings. The summed E-state index contributed by atoms with van der Waals surface area (Å²) in [6, 6.07) is 7.38. The summed E-state index contributed by atoms with van der Waals surface area (Å²) >= 11 is 3.79. The molecule has 1 aliphatic rings. The molecule has 0 radical (unpaired) electrons. The van der Waals surface area contributed by atoms with Gasteiger partial charge in [-0.05, 0) is 53.9 Å². The summed E-state index contributed by atoms with van der Waals surface area (Å²) in [5.41, 5.74) is 1.46. The van der Waals surface area contributed by atoms with Gasteiger partial charge in [-0.3, -0.25) is 4.90 Å². The van der Waals surface area contributed by atoms with Crippen molar-refractivity contribution in [1.82, 2.24) is 10.2 Å². The fourth-order valence-electron chi connectivity index (χ4n) is 2.84. The quantitative estimate of drug-likeness (QED) is 0.925. The zero-order chi connectivity index (χ0) is 13.8. The predicted octanol–water partition coefficient (Wildman–Crippen LogP) is 3.76. The number of nitrogens with zero attached hydrogens (tertiary/aromatic N) is 1. The van der Waals surface area contributed by atoms with Crippen LogP contribution < -0.4 is 5.32 Å². The smallest absolute Gasteiger partial charge is 0.0704 e. The summed E-state index contributed by atoms with van der Waals surface area (Å²) < 4.78 is 0. The van der Waals surface area contributed by atoms with Crippen molar-refractivity contribution in [2.24, 2.45) is 0 Å². The first-order chi connectivity index (χ1) is 9.88. The molecule has 1 atom stereocenters. The highest BCUT2D eigenvalue weighted by molar-refractivity contribution is 7.12. The minimum atomic E-state index is 0.450. The van der Waals surface area contributed by atoms with Crippen molar-refractivity contribution >= 4 is 22.7 Å². The minimum absolute atomic E-state index is 0.450. The highest BCUT2D eigenvalue weighted by Gasteiger charge is 2.24. The molecule has 0 aliphatic carbocycles. The van der Waals surface area contributed by atoms with E-state index >= 15 is 0 Å². The van der Waals surface area contributed by atoms with Gasteiger partial charge in [0, 0.05) is 29.4 Å². The van der Waals surface area contributed by atoms with Crippen molar-refractivity contribution in [3.05, 3.63) is 44.3 Å². The zero-order valence-corrected chi connectivity index (χ0v) is 13.6. The molecule has 0 aromatic carbocycles. The van der Waals surface area contributed by atoms with Gasteiger partial charge in [-0.15, -0.1) is 11.3 Å². The molecule has 3 heterocycles. The molecular weight excluding hydrogens is 284 g/mol. The van der Waals surface area contributed by atoms with Crippen LogP contribution in [0, 0.1) is 0 Å². The average Bonchev–Trinajstić information content (AvgIpc) is 3.08. The third-order valence-corrected chi connectivity index (χ3v) is 5.88. The van der Waals surface area contributed by atoms with Gasteiger partial charge in [0.25, 0.3) is 0 Å². The molecule has 0 spiro atoms. The van der Waals surface area contributed by atoms with Crippen LogP contribution in [0.15, 0.2) is 29.0 Å². The van der Waals surface area contributed by atoms with Crippen molar-refractivity contribution in [2.45, 2.75) is 25.8 Å². The Kier molecular flexibility index (Phi) is 4.89. The molecule has 1 N–H and O–H groups in total. The standard InChI is InChI=1S/C16H22N2S2/c1-2-14-4-5-15(20-14)16(13-6-11-19-12-13)18-9-3-7-17-8-10-18/h4-6,11-12,16-17H,2-3,7-10H2,1H3. The summed E-state index contributed by atoms with van der Waals surface area (Å²) in [5.74, 6) is 0. The van der Waals surface area contributed by atoms with E-state index in [-0.39, 0.29) is 0 Å². The molecule has 20 heavy (non-hydrogen) atoms. The summed E-state index contributed by atoms with van der Waals surface area (Å²) in [6.45, 7) is 6.82. The van der Waals surface area contributed by atoms with Gasteiger partial charge in [-0.25, -0.2) is 0 Å². The zero-order valence-electron chi connectivity index (χ0n) is 12.0. The maximum Gasteiger partial charge on any atom is 0.0704 e. The molecule has 2 nitrogen and oxygen atoms in total. The third-order valence-electron chi connectivity index (χ3n) is 3.90. The monoisotopic (exact) mass is 306 g/mol. The fraction of sp³-hybridized carbons (Fsp3) is 0.500. The molecular formula is C16H22N2S2. The first-order valence-electron chi connectivity index (χ1n) is 7.44. The average molecular weight is 307 g/mol. The van der Waals surface area contributed by atoms with Crippen molar-refractivity contribution < 1.29 is 0 Å². The van der Waals surface area contributed by atoms with Crippen LogP contribution in [0.4, 0.5) is 0 Å². The van der Waals surface area contributed by atoms with Gasteiger partial charge in [-0.2, -0.15) is 11.3 Å². The third kappa shape index (κ3) is 3.14. The second kappa shape index (κ2) is 6.85. The largest absolute Gasteiger partial charge is 0.315 e. The lowest BCUT2D eigenvalue weighted by Crippen LogP contribution is -2.32. The first-order valence-corrected chi connectivity index (χ1v) is 9.20. The molecule has 4 heteroatoms. The van der Waals surface area contributed by atoms with Gasteiger partial charge in [0.1, 0.15) is 0 Å². The molecule has 1 unspecified atom stereocenters. The number of hydrogen-bond acceptors (Lipinski definition) is 4. The molecule has 2 aromatic rings. The Bertz CT molecular complexity index is 510. The van der Waals surface area contributed by atoms with Crippen LogP contribution in [0.1, 0.15) is 34.7 Å². The molecule has 0 amide bonds. The van der Waals surface area contributed by atoms with Gasteiger partial charge in [0.05, 0.1) is 6.04 Å². The maximum absolute atomic E-state index is 3.51. The highest BCUT2D eigenvalue weighted by Crippen LogP contribution is 2.35. The maximum atomic E-state index is 3.51. The second-order valence-electron chi connectivity index (χ2n) is 5.26. The molecule has 0 saturated carbocycles. The van der Waals surface area contributed by atoms with Crippen LogP contribution >= 0.6 is 22.7 Å². The van der Waals surface area contributed by atoms with Crippen LogP contribution in [-0.2, 0) is 6.42 Å². The summed E-state index contributed by atoms with van der Waals surface area (Å²) in [5, 5.41) is 8.02. The number of aryl methyl sites for hydroxylation is 1. The van der Waals surface area contributed by atoms with Crippen LogP contribution in [0.2, 0.25) is 0 Å². The van der Waals surface area contributed by atoms with E-state index in [1.807, 2.05) is 11.3 Å². The lowest BCUT2D eigenvalue weighted by molar-refractivity contribution is 0.244. The van der Waals surface area contributed by atoms with Gasteiger partial charge in [0.15, 0.2) is 0 Å². The Morgan fingerprint density at radius 2 is 2.20 bits per heavy atom. The van der Waals surface area contributed by atoms with Gasteiger partial charge < -0.3 is 5.32 Å². The van der Waals surface area contributed by atoms with Crippen molar-refractivity contribution in [1.29, 1.82) is 0 Å². The molecule has 108 valence electrons. The number of thiophene rings is 2. The van der Waals surface area contributed by atoms with Crippen LogP contribution in [0.3, 0.4) is 0 Å². The Morgan fingerprint density at radius 3 is 2.95 bits per heavy atom. The molecule has 3 rings (SSSR count). The van der Waals surface area contributed by atoms with Crippen molar-refractivity contribution in [3.8, 4) is 0 Å². The lowest BCUT2D eigenvalue weighted by Gasteiger charge is -2.29. The van der Waals surface area contributed by atoms with Crippen LogP contribution in [-0.4, -0.2) is 31.1 Å². The summed E-state index contributed by atoms with van der Waals surface area (Å²) in [4.78, 5) is 5.64. The Labute approximate surface area is 129 Å². The van der Waals surface area contributed by atoms with Gasteiger partial charge in [0.2, 0.25) is 0 Å². The molecule has 1 saturated heterocycles. The second-order valence-corrected chi connectivity index (χ2v) is 7.24. The van der Waals surface area contributed by atoms with E-state index in [9.17, 15) is 0 Å². The SMILES string of the molecule is CCc1ccc(C(c2ccsc2)N2CCCNCC2)s1. The predicted molar refractivity (Wildman–Crippen MR) is 88.9 cm³/mol. The highest BCUT2D eigenvalue weighted by atomic mass is 32.1. The number of rotatable bonds is 4. The van der Waals surface area contributed by atoms with Crippen LogP contribution in [0.5, 0.6) is 0 Å². The van der Waals surface area contributed by atoms with E-state index in [4.69, 9.17) is 0 Å². The van der Waals surface area contributed by atoms with E-state index < -0.39 is 0 Å². The number of hydrogen-bond donors (Lipinski definition) is 1. The van der Waals surface area contributed by atoms with Crippen molar-refractivity contribution in [2.75, 3.05) is 26.2 Å². The van der Waals surface area contributed by atoms with E-state index in [0.29, 0.717) is 6.04 Å². The minimum Gasteiger partial charge on any atom is -0.315 e. The van der Waals surface area contributed by atoms with E-state index in [0.717, 1.165) is 26.1 Å². The summed E-state index contributed by atoms with van der Waals surface area (Å²) in [7, 11) is 0. The van der Waals surface area contributed by atoms with Crippen molar-refractivity contribution in [3.63, 3.8) is 0 Å². The first kappa shape index (κ1) is 14.3. The Morgan fingerprint density at radius 1 is 1.25 bits per heavy atom. The Balaban J connectivity index is 1.90. The van der Waals surface area contributed by atoms with E-state index in [1.165, 1.54) is 28.3 Å². The number of nitrogens with one attached hydrogen (secondary N) is 1. The normalized spacial score (nSPS) is 18.9. The van der Waals surface area contributed by atoms with E-state index in [2.05, 4.69) is 46.1 Å². The topological polar surface area (TPSA) is 15.3 Å². The lowest BCUT2D eigenvalue weighted by atomic mass is 10.1. The summed E-state index contributed by atoms with van der Waals surface area (Å²) in [6.07, 6.45) is 2.38. The fourth-order valence-corrected chi connectivity index (χ4v) is 4.64. The van der Waals surface area contributed by atoms with Gasteiger partial charge in [-0.1, -0.05) is 6.92 Å². The van der Waals surface area contributed by atoms with E-state index in [1.54, 1.807) is 11.3 Å². The molecule has 1 aliphatic heterocycles. The molecule has 0 bridgehead atoms. The Hall–Kier alpha value is -0.680. The van der Waals surface area contributed by atoms with Gasteiger partial charge >= 0.3 is 0 Å². The molecule has 2 aromatic heterocycles. The van der Waals surface area contributed by atoms with Crippen LogP contribution in [0.25, 0.3) is 0 Å².